The maximum Gasteiger partial charge on any atom is 0.230 e. The second-order valence-corrected chi connectivity index (χ2v) is 6.26. The molecule has 2 atom stereocenters. The Balaban J connectivity index is 1.79. The molecule has 3 nitrogen and oxygen atoms in total. The van der Waals surface area contributed by atoms with E-state index in [0.717, 1.165) is 31.5 Å². The van der Waals surface area contributed by atoms with Gasteiger partial charge in [0.15, 0.2) is 0 Å². The lowest BCUT2D eigenvalue weighted by Gasteiger charge is -2.28. The van der Waals surface area contributed by atoms with Gasteiger partial charge in [0.1, 0.15) is 0 Å². The van der Waals surface area contributed by atoms with Crippen molar-refractivity contribution in [1.29, 1.82) is 0 Å². The molecule has 3 heteroatoms. The summed E-state index contributed by atoms with van der Waals surface area (Å²) in [4.78, 5) is 15.0. The Kier molecular flexibility index (Phi) is 4.06. The Hall–Kier alpha value is -1.35. The van der Waals surface area contributed by atoms with Crippen LogP contribution in [0.5, 0.6) is 0 Å². The number of rotatable bonds is 5. The van der Waals surface area contributed by atoms with Gasteiger partial charge < -0.3 is 10.6 Å². The van der Waals surface area contributed by atoms with Crippen LogP contribution in [0, 0.1) is 17.8 Å². The van der Waals surface area contributed by atoms with Crippen molar-refractivity contribution in [2.45, 2.75) is 32.1 Å². The van der Waals surface area contributed by atoms with E-state index in [2.05, 4.69) is 0 Å². The lowest BCUT2D eigenvalue weighted by atomic mass is 9.94. The fourth-order valence-corrected chi connectivity index (χ4v) is 3.33. The Bertz CT molecular complexity index is 455. The van der Waals surface area contributed by atoms with Crippen LogP contribution in [0.3, 0.4) is 0 Å². The van der Waals surface area contributed by atoms with Gasteiger partial charge in [-0.15, -0.1) is 0 Å². The van der Waals surface area contributed by atoms with Gasteiger partial charge in [0.2, 0.25) is 5.91 Å². The molecular formula is C17H24N2O. The lowest BCUT2D eigenvalue weighted by molar-refractivity contribution is -0.123. The summed E-state index contributed by atoms with van der Waals surface area (Å²) < 4.78 is 0. The van der Waals surface area contributed by atoms with Crippen LogP contribution < -0.4 is 10.6 Å². The Labute approximate surface area is 121 Å². The molecular weight excluding hydrogens is 248 g/mol. The van der Waals surface area contributed by atoms with E-state index in [0.29, 0.717) is 24.3 Å². The van der Waals surface area contributed by atoms with Gasteiger partial charge in [-0.2, -0.15) is 0 Å². The molecule has 1 aromatic carbocycles. The van der Waals surface area contributed by atoms with E-state index in [4.69, 9.17) is 5.73 Å². The number of carbonyl (C=O) groups excluding carboxylic acids is 1. The zero-order chi connectivity index (χ0) is 13.9. The third-order valence-electron chi connectivity index (χ3n) is 4.75. The molecule has 2 N–H and O–H groups in total. The molecule has 0 saturated heterocycles. The van der Waals surface area contributed by atoms with E-state index in [1.54, 1.807) is 0 Å². The van der Waals surface area contributed by atoms with Gasteiger partial charge in [-0.3, -0.25) is 4.79 Å². The average molecular weight is 272 g/mol. The fraction of sp³-hybridized carbons (Fsp3) is 0.588. The molecule has 0 bridgehead atoms. The largest absolute Gasteiger partial charge is 0.330 e. The van der Waals surface area contributed by atoms with Gasteiger partial charge in [-0.05, 0) is 56.2 Å². The molecule has 2 aliphatic carbocycles. The van der Waals surface area contributed by atoms with Crippen molar-refractivity contribution in [3.63, 3.8) is 0 Å². The normalized spacial score (nSPS) is 25.6. The minimum absolute atomic E-state index is 0.138. The highest BCUT2D eigenvalue weighted by Gasteiger charge is 2.37. The van der Waals surface area contributed by atoms with E-state index in [9.17, 15) is 4.79 Å². The Morgan fingerprint density at radius 1 is 1.15 bits per heavy atom. The Morgan fingerprint density at radius 2 is 1.90 bits per heavy atom. The number of carbonyl (C=O) groups is 1. The molecule has 0 unspecified atom stereocenters. The predicted molar refractivity (Wildman–Crippen MR) is 81.4 cm³/mol. The molecule has 2 aliphatic rings. The molecule has 0 aliphatic heterocycles. The van der Waals surface area contributed by atoms with Gasteiger partial charge >= 0.3 is 0 Å². The summed E-state index contributed by atoms with van der Waals surface area (Å²) >= 11 is 0. The van der Waals surface area contributed by atoms with Gasteiger partial charge in [0, 0.05) is 18.2 Å². The van der Waals surface area contributed by atoms with Crippen molar-refractivity contribution < 1.29 is 4.79 Å². The van der Waals surface area contributed by atoms with E-state index in [1.807, 2.05) is 35.2 Å². The quantitative estimate of drug-likeness (QED) is 0.896. The highest BCUT2D eigenvalue weighted by Crippen LogP contribution is 2.36. The predicted octanol–water partition coefficient (Wildman–Crippen LogP) is 2.80. The van der Waals surface area contributed by atoms with Crippen molar-refractivity contribution in [2.75, 3.05) is 18.0 Å². The van der Waals surface area contributed by atoms with Crippen LogP contribution in [-0.2, 0) is 4.79 Å². The molecule has 0 aromatic heterocycles. The first kappa shape index (κ1) is 13.6. The summed E-state index contributed by atoms with van der Waals surface area (Å²) in [5.41, 5.74) is 6.89. The van der Waals surface area contributed by atoms with Gasteiger partial charge in [-0.25, -0.2) is 0 Å². The maximum atomic E-state index is 12.9. The van der Waals surface area contributed by atoms with E-state index < -0.39 is 0 Å². The van der Waals surface area contributed by atoms with E-state index in [-0.39, 0.29) is 5.92 Å². The summed E-state index contributed by atoms with van der Waals surface area (Å²) in [5.74, 6) is 1.53. The SMILES string of the molecule is NC[C@H]1CCC[C@H]1C(=O)N(CC1CC1)c1ccccc1. The summed E-state index contributed by atoms with van der Waals surface area (Å²) in [7, 11) is 0. The van der Waals surface area contributed by atoms with Crippen LogP contribution in [0.4, 0.5) is 5.69 Å². The number of hydrogen-bond donors (Lipinski definition) is 1. The minimum atomic E-state index is 0.138. The average Bonchev–Trinajstić information content (AvgIpc) is 3.19. The fourth-order valence-electron chi connectivity index (χ4n) is 3.33. The third-order valence-corrected chi connectivity index (χ3v) is 4.75. The van der Waals surface area contributed by atoms with E-state index >= 15 is 0 Å². The van der Waals surface area contributed by atoms with Crippen LogP contribution in [0.1, 0.15) is 32.1 Å². The van der Waals surface area contributed by atoms with Crippen LogP contribution in [0.25, 0.3) is 0 Å². The zero-order valence-corrected chi connectivity index (χ0v) is 12.0. The van der Waals surface area contributed by atoms with Gasteiger partial charge in [-0.1, -0.05) is 24.6 Å². The van der Waals surface area contributed by atoms with Crippen molar-refractivity contribution in [2.24, 2.45) is 23.5 Å². The molecule has 1 aromatic rings. The number of amides is 1. The molecule has 2 fully saturated rings. The van der Waals surface area contributed by atoms with Crippen LogP contribution in [-0.4, -0.2) is 19.0 Å². The lowest BCUT2D eigenvalue weighted by Crippen LogP contribution is -2.40. The zero-order valence-electron chi connectivity index (χ0n) is 12.0. The van der Waals surface area contributed by atoms with Gasteiger partial charge in [0.25, 0.3) is 0 Å². The first-order valence-corrected chi connectivity index (χ1v) is 7.86. The molecule has 108 valence electrons. The number of para-hydroxylation sites is 1. The summed E-state index contributed by atoms with van der Waals surface area (Å²) in [6, 6.07) is 10.1. The monoisotopic (exact) mass is 272 g/mol. The Morgan fingerprint density at radius 3 is 2.55 bits per heavy atom. The van der Waals surface area contributed by atoms with E-state index in [1.165, 1.54) is 12.8 Å². The standard InChI is InChI=1S/C17H24N2O/c18-11-14-5-4-8-16(14)17(20)19(12-13-9-10-13)15-6-2-1-3-7-15/h1-3,6-7,13-14,16H,4-5,8-12,18H2/t14-,16-/m1/s1. The molecule has 20 heavy (non-hydrogen) atoms. The summed E-state index contributed by atoms with van der Waals surface area (Å²) in [5, 5.41) is 0. The van der Waals surface area contributed by atoms with Crippen molar-refractivity contribution in [1.82, 2.24) is 0 Å². The van der Waals surface area contributed by atoms with Crippen molar-refractivity contribution in [3.8, 4) is 0 Å². The van der Waals surface area contributed by atoms with Crippen LogP contribution in [0.15, 0.2) is 30.3 Å². The first-order valence-electron chi connectivity index (χ1n) is 7.86. The number of hydrogen-bond acceptors (Lipinski definition) is 2. The molecule has 0 radical (unpaired) electrons. The molecule has 0 heterocycles. The molecule has 2 saturated carbocycles. The number of nitrogens with two attached hydrogens (primary N) is 1. The molecule has 3 rings (SSSR count). The highest BCUT2D eigenvalue weighted by atomic mass is 16.2. The number of nitrogens with zero attached hydrogens (tertiary/aromatic N) is 1. The van der Waals surface area contributed by atoms with Crippen LogP contribution >= 0.6 is 0 Å². The smallest absolute Gasteiger partial charge is 0.230 e. The minimum Gasteiger partial charge on any atom is -0.330 e. The third kappa shape index (κ3) is 2.88. The topological polar surface area (TPSA) is 46.3 Å². The summed E-state index contributed by atoms with van der Waals surface area (Å²) in [6.07, 6.45) is 5.79. The highest BCUT2D eigenvalue weighted by molar-refractivity contribution is 5.95. The maximum absolute atomic E-state index is 12.9. The molecule has 1 amide bonds. The van der Waals surface area contributed by atoms with Crippen molar-refractivity contribution >= 4 is 11.6 Å². The second kappa shape index (κ2) is 5.96. The van der Waals surface area contributed by atoms with Gasteiger partial charge in [0.05, 0.1) is 0 Å². The first-order chi connectivity index (χ1) is 9.79. The molecule has 0 spiro atoms. The van der Waals surface area contributed by atoms with Crippen LogP contribution in [0.2, 0.25) is 0 Å². The second-order valence-electron chi connectivity index (χ2n) is 6.26. The number of anilines is 1. The summed E-state index contributed by atoms with van der Waals surface area (Å²) in [6.45, 7) is 1.53. The number of benzene rings is 1. The van der Waals surface area contributed by atoms with Crippen molar-refractivity contribution in [3.05, 3.63) is 30.3 Å².